The van der Waals surface area contributed by atoms with Crippen molar-refractivity contribution in [3.63, 3.8) is 0 Å². The van der Waals surface area contributed by atoms with E-state index in [0.717, 1.165) is 0 Å². The van der Waals surface area contributed by atoms with E-state index < -0.39 is 0 Å². The minimum Gasteiger partial charge on any atom is -0.489 e. The van der Waals surface area contributed by atoms with Gasteiger partial charge >= 0.3 is 0 Å². The van der Waals surface area contributed by atoms with Gasteiger partial charge in [-0.15, -0.1) is 11.3 Å². The molecule has 0 radical (unpaired) electrons. The molecule has 0 saturated carbocycles. The minimum absolute atomic E-state index is 0.0749. The molecule has 0 saturated heterocycles. The molecular formula is C24H17FN4O2S. The third-order valence-corrected chi connectivity index (χ3v) is 6.07. The summed E-state index contributed by atoms with van der Waals surface area (Å²) in [6.07, 6.45) is 6.66. The first-order valence-electron chi connectivity index (χ1n) is 9.82. The van der Waals surface area contributed by atoms with Gasteiger partial charge < -0.3 is 10.1 Å². The monoisotopic (exact) mass is 444 g/mol. The number of halogens is 1. The lowest BCUT2D eigenvalue weighted by Gasteiger charge is -2.09. The van der Waals surface area contributed by atoms with Crippen LogP contribution in [-0.2, 0) is 6.61 Å². The molecule has 2 aromatic carbocycles. The van der Waals surface area contributed by atoms with Gasteiger partial charge in [-0.25, -0.2) is 14.4 Å². The number of pyridine rings is 1. The number of anilines is 1. The molecule has 1 amide bonds. The second-order valence-corrected chi connectivity index (χ2v) is 8.01. The van der Waals surface area contributed by atoms with Gasteiger partial charge in [0.2, 0.25) is 0 Å². The summed E-state index contributed by atoms with van der Waals surface area (Å²) in [6, 6.07) is 17.6. The molecule has 0 spiro atoms. The normalized spacial score (nSPS) is 10.9. The van der Waals surface area contributed by atoms with Crippen LogP contribution in [0.1, 0.15) is 15.2 Å². The van der Waals surface area contributed by atoms with Crippen LogP contribution in [0.25, 0.3) is 15.9 Å². The van der Waals surface area contributed by atoms with E-state index in [-0.39, 0.29) is 18.3 Å². The Balaban J connectivity index is 1.43. The highest BCUT2D eigenvalue weighted by molar-refractivity contribution is 7.21. The summed E-state index contributed by atoms with van der Waals surface area (Å²) in [6.45, 7) is 0.0749. The molecule has 3 aromatic heterocycles. The SMILES string of the molecule is O=C(Nc1ccc(-n2ccnc2)nc1)c1sc2cccc(F)c2c1COc1ccccc1. The number of ether oxygens (including phenoxy) is 1. The molecule has 158 valence electrons. The largest absolute Gasteiger partial charge is 0.489 e. The smallest absolute Gasteiger partial charge is 0.266 e. The lowest BCUT2D eigenvalue weighted by molar-refractivity contribution is 0.102. The molecule has 1 N–H and O–H groups in total. The van der Waals surface area contributed by atoms with Gasteiger partial charge in [0.15, 0.2) is 0 Å². The van der Waals surface area contributed by atoms with Crippen molar-refractivity contribution in [1.82, 2.24) is 14.5 Å². The lowest BCUT2D eigenvalue weighted by atomic mass is 10.1. The number of imidazole rings is 1. The lowest BCUT2D eigenvalue weighted by Crippen LogP contribution is -2.13. The second-order valence-electron chi connectivity index (χ2n) is 6.95. The summed E-state index contributed by atoms with van der Waals surface area (Å²) in [7, 11) is 0. The number of benzene rings is 2. The molecule has 0 aliphatic heterocycles. The zero-order valence-corrected chi connectivity index (χ0v) is 17.6. The summed E-state index contributed by atoms with van der Waals surface area (Å²) in [5.41, 5.74) is 1.05. The first-order valence-corrected chi connectivity index (χ1v) is 10.6. The predicted molar refractivity (Wildman–Crippen MR) is 122 cm³/mol. The number of fused-ring (bicyclic) bond motifs is 1. The van der Waals surface area contributed by atoms with Gasteiger partial charge in [0.25, 0.3) is 5.91 Å². The van der Waals surface area contributed by atoms with Crippen molar-refractivity contribution in [1.29, 1.82) is 0 Å². The number of para-hydroxylation sites is 1. The molecule has 0 atom stereocenters. The maximum atomic E-state index is 14.7. The Morgan fingerprint density at radius 3 is 2.72 bits per heavy atom. The van der Waals surface area contributed by atoms with E-state index in [9.17, 15) is 9.18 Å². The van der Waals surface area contributed by atoms with Crippen molar-refractivity contribution in [2.75, 3.05) is 5.32 Å². The number of hydrogen-bond donors (Lipinski definition) is 1. The van der Waals surface area contributed by atoms with Crippen LogP contribution in [0.4, 0.5) is 10.1 Å². The van der Waals surface area contributed by atoms with Gasteiger partial charge in [-0.3, -0.25) is 9.36 Å². The molecule has 0 bridgehead atoms. The van der Waals surface area contributed by atoms with Crippen LogP contribution in [0.15, 0.2) is 85.6 Å². The molecule has 0 unspecified atom stereocenters. The average Bonchev–Trinajstić information content (AvgIpc) is 3.48. The third-order valence-electron chi connectivity index (χ3n) is 4.87. The van der Waals surface area contributed by atoms with Crippen molar-refractivity contribution in [3.05, 3.63) is 102 Å². The fraction of sp³-hybridized carbons (Fsp3) is 0.0417. The quantitative estimate of drug-likeness (QED) is 0.378. The molecule has 8 heteroatoms. The maximum absolute atomic E-state index is 14.7. The van der Waals surface area contributed by atoms with Crippen molar-refractivity contribution < 1.29 is 13.9 Å². The minimum atomic E-state index is -0.379. The Morgan fingerprint density at radius 2 is 1.97 bits per heavy atom. The van der Waals surface area contributed by atoms with Crippen LogP contribution in [-0.4, -0.2) is 20.4 Å². The van der Waals surface area contributed by atoms with Crippen molar-refractivity contribution in [2.24, 2.45) is 0 Å². The zero-order valence-electron chi connectivity index (χ0n) is 16.7. The van der Waals surface area contributed by atoms with E-state index >= 15 is 0 Å². The predicted octanol–water partition coefficient (Wildman–Crippen LogP) is 5.45. The van der Waals surface area contributed by atoms with Crippen LogP contribution in [0.2, 0.25) is 0 Å². The van der Waals surface area contributed by atoms with E-state index in [0.29, 0.717) is 37.8 Å². The van der Waals surface area contributed by atoms with Gasteiger partial charge in [-0.05, 0) is 36.4 Å². The number of nitrogens with one attached hydrogen (secondary N) is 1. The molecule has 0 aliphatic rings. The number of thiophene rings is 1. The summed E-state index contributed by atoms with van der Waals surface area (Å²) in [5, 5.41) is 3.27. The van der Waals surface area contributed by atoms with Crippen molar-refractivity contribution in [2.45, 2.75) is 6.61 Å². The molecule has 3 heterocycles. The van der Waals surface area contributed by atoms with Crippen LogP contribution in [0, 0.1) is 5.82 Å². The van der Waals surface area contributed by atoms with Crippen molar-refractivity contribution in [3.8, 4) is 11.6 Å². The van der Waals surface area contributed by atoms with Crippen molar-refractivity contribution >= 4 is 33.0 Å². The number of carbonyl (C=O) groups excluding carboxylic acids is 1. The number of aromatic nitrogens is 3. The van der Waals surface area contributed by atoms with Crippen LogP contribution >= 0.6 is 11.3 Å². The van der Waals surface area contributed by atoms with Gasteiger partial charge in [0.05, 0.1) is 11.9 Å². The first kappa shape index (κ1) is 19.9. The van der Waals surface area contributed by atoms with Gasteiger partial charge in [0, 0.05) is 28.0 Å². The Labute approximate surface area is 187 Å². The Kier molecular flexibility index (Phi) is 5.35. The fourth-order valence-corrected chi connectivity index (χ4v) is 4.47. The van der Waals surface area contributed by atoms with E-state index in [2.05, 4.69) is 15.3 Å². The zero-order chi connectivity index (χ0) is 21.9. The highest BCUT2D eigenvalue weighted by atomic mass is 32.1. The van der Waals surface area contributed by atoms with Crippen LogP contribution in [0.3, 0.4) is 0 Å². The third kappa shape index (κ3) is 3.95. The van der Waals surface area contributed by atoms with Crippen LogP contribution in [0.5, 0.6) is 5.75 Å². The highest BCUT2D eigenvalue weighted by Gasteiger charge is 2.21. The standard InChI is InChI=1S/C24H17FN4O2S/c25-19-7-4-8-20-22(19)18(14-31-17-5-2-1-3-6-17)23(32-20)24(30)28-16-9-10-21(27-13-16)29-12-11-26-15-29/h1-13,15H,14H2,(H,28,30). The molecule has 0 fully saturated rings. The Bertz CT molecular complexity index is 1370. The van der Waals surface area contributed by atoms with Gasteiger partial charge in [-0.2, -0.15) is 0 Å². The number of amides is 1. The molecule has 5 aromatic rings. The molecule has 6 nitrogen and oxygen atoms in total. The van der Waals surface area contributed by atoms with E-state index in [1.807, 2.05) is 30.3 Å². The number of carbonyl (C=O) groups is 1. The molecule has 5 rings (SSSR count). The van der Waals surface area contributed by atoms with E-state index in [1.54, 1.807) is 53.8 Å². The number of hydrogen-bond acceptors (Lipinski definition) is 5. The highest BCUT2D eigenvalue weighted by Crippen LogP contribution is 2.34. The summed E-state index contributed by atoms with van der Waals surface area (Å²) >= 11 is 1.24. The van der Waals surface area contributed by atoms with Gasteiger partial charge in [-0.1, -0.05) is 24.3 Å². The number of nitrogens with zero attached hydrogens (tertiary/aromatic N) is 3. The fourth-order valence-electron chi connectivity index (χ4n) is 3.36. The molecular weight excluding hydrogens is 427 g/mol. The maximum Gasteiger partial charge on any atom is 0.266 e. The Hall–Kier alpha value is -4.04. The van der Waals surface area contributed by atoms with Crippen LogP contribution < -0.4 is 10.1 Å². The molecule has 32 heavy (non-hydrogen) atoms. The van der Waals surface area contributed by atoms with Gasteiger partial charge in [0.1, 0.15) is 35.2 Å². The summed E-state index contributed by atoms with van der Waals surface area (Å²) in [5.74, 6) is 0.612. The average molecular weight is 444 g/mol. The van der Waals surface area contributed by atoms with E-state index in [4.69, 9.17) is 4.74 Å². The van der Waals surface area contributed by atoms with E-state index in [1.165, 1.54) is 17.4 Å². The molecule has 0 aliphatic carbocycles. The summed E-state index contributed by atoms with van der Waals surface area (Å²) < 4.78 is 23.0. The summed E-state index contributed by atoms with van der Waals surface area (Å²) in [4.78, 5) is 21.9. The number of rotatable bonds is 6. The first-order chi connectivity index (χ1) is 15.7. The Morgan fingerprint density at radius 1 is 1.09 bits per heavy atom. The topological polar surface area (TPSA) is 69.0 Å². The second kappa shape index (κ2) is 8.60.